The zero-order chi connectivity index (χ0) is 11.3. The van der Waals surface area contributed by atoms with Crippen molar-refractivity contribution < 1.29 is 4.79 Å². The van der Waals surface area contributed by atoms with Crippen molar-refractivity contribution in [2.75, 3.05) is 11.9 Å². The van der Waals surface area contributed by atoms with Crippen LogP contribution < -0.4 is 5.32 Å². The van der Waals surface area contributed by atoms with Gasteiger partial charge in [-0.2, -0.15) is 0 Å². The molecule has 0 saturated carbocycles. The Balaban J connectivity index is 2.57. The average molecular weight is 226 g/mol. The monoisotopic (exact) mass is 226 g/mol. The minimum Gasteiger partial charge on any atom is -0.300 e. The minimum atomic E-state index is -0.390. The van der Waals surface area contributed by atoms with Crippen LogP contribution in [0.5, 0.6) is 0 Å². The number of amides is 1. The summed E-state index contributed by atoms with van der Waals surface area (Å²) in [4.78, 5) is 13.6. The van der Waals surface area contributed by atoms with Gasteiger partial charge in [0.2, 0.25) is 11.0 Å². The van der Waals surface area contributed by atoms with Gasteiger partial charge >= 0.3 is 0 Å². The number of rotatable bonds is 4. The Morgan fingerprint density at radius 1 is 1.67 bits per heavy atom. The van der Waals surface area contributed by atoms with E-state index in [0.717, 1.165) is 5.01 Å². The molecule has 1 N–H and O–H groups in total. The fourth-order valence-corrected chi connectivity index (χ4v) is 1.54. The highest BCUT2D eigenvalue weighted by atomic mass is 32.1. The van der Waals surface area contributed by atoms with Crippen molar-refractivity contribution in [1.29, 1.82) is 0 Å². The molecule has 1 rings (SSSR count). The normalized spacial score (nSPS) is 9.80. The highest BCUT2D eigenvalue weighted by Gasteiger charge is 2.09. The van der Waals surface area contributed by atoms with Gasteiger partial charge in [-0.25, -0.2) is 0 Å². The number of carbonyl (C=O) groups excluding carboxylic acids is 1. The number of hydrogen-bond donors (Lipinski definition) is 1. The van der Waals surface area contributed by atoms with Crippen molar-refractivity contribution in [3.63, 3.8) is 0 Å². The van der Waals surface area contributed by atoms with E-state index in [1.54, 1.807) is 0 Å². The summed E-state index contributed by atoms with van der Waals surface area (Å²) in [7, 11) is 0. The summed E-state index contributed by atoms with van der Waals surface area (Å²) >= 11 is 1.31. The lowest BCUT2D eigenvalue weighted by Gasteiger charge is -1.96. The molecule has 0 radical (unpaired) electrons. The topological polar surface area (TPSA) is 104 Å². The van der Waals surface area contributed by atoms with Gasteiger partial charge in [0.05, 0.1) is 0 Å². The van der Waals surface area contributed by atoms with Gasteiger partial charge in [-0.1, -0.05) is 30.3 Å². The van der Waals surface area contributed by atoms with Crippen LogP contribution >= 0.6 is 11.3 Å². The molecule has 7 nitrogen and oxygen atoms in total. The summed E-state index contributed by atoms with van der Waals surface area (Å²) in [6, 6.07) is 0. The van der Waals surface area contributed by atoms with E-state index in [9.17, 15) is 4.79 Å². The number of azide groups is 1. The number of nitrogens with zero attached hydrogens (tertiary/aromatic N) is 5. The second-order valence-electron chi connectivity index (χ2n) is 3.04. The first-order valence-corrected chi connectivity index (χ1v) is 5.09. The third-order valence-corrected chi connectivity index (χ3v) is 2.60. The van der Waals surface area contributed by atoms with Crippen molar-refractivity contribution in [3.05, 3.63) is 15.5 Å². The predicted molar refractivity (Wildman–Crippen MR) is 56.6 cm³/mol. The Bertz CT molecular complexity index is 394. The third-order valence-electron chi connectivity index (χ3n) is 1.46. The van der Waals surface area contributed by atoms with Crippen LogP contribution in [0.3, 0.4) is 0 Å². The second kappa shape index (κ2) is 5.28. The van der Waals surface area contributed by atoms with Gasteiger partial charge in [-0.05, 0) is 5.53 Å². The molecule has 0 bridgehead atoms. The Hall–Kier alpha value is -1.66. The first kappa shape index (κ1) is 11.4. The molecular weight excluding hydrogens is 216 g/mol. The average Bonchev–Trinajstić information content (AvgIpc) is 2.63. The van der Waals surface area contributed by atoms with E-state index in [4.69, 9.17) is 5.53 Å². The first-order chi connectivity index (χ1) is 7.13. The molecular formula is C7H10N6OS. The van der Waals surface area contributed by atoms with Gasteiger partial charge < -0.3 is 5.32 Å². The molecule has 0 saturated heterocycles. The minimum absolute atomic E-state index is 0.229. The number of anilines is 1. The Kier molecular flexibility index (Phi) is 4.02. The molecule has 15 heavy (non-hydrogen) atoms. The molecule has 0 aliphatic heterocycles. The molecule has 0 aliphatic carbocycles. The summed E-state index contributed by atoms with van der Waals surface area (Å²) in [5.74, 6) is -0.107. The summed E-state index contributed by atoms with van der Waals surface area (Å²) in [5, 5.41) is 14.6. The van der Waals surface area contributed by atoms with E-state index >= 15 is 0 Å². The fourth-order valence-electron chi connectivity index (χ4n) is 0.773. The van der Waals surface area contributed by atoms with Crippen LogP contribution in [0.4, 0.5) is 5.13 Å². The quantitative estimate of drug-likeness (QED) is 0.481. The largest absolute Gasteiger partial charge is 0.300 e. The molecule has 1 aromatic heterocycles. The molecule has 0 aliphatic rings. The lowest BCUT2D eigenvalue weighted by molar-refractivity contribution is -0.114. The number of nitrogens with one attached hydrogen (secondary N) is 1. The van der Waals surface area contributed by atoms with Crippen LogP contribution in [0, 0.1) is 0 Å². The van der Waals surface area contributed by atoms with Gasteiger partial charge in [0.15, 0.2) is 0 Å². The lowest BCUT2D eigenvalue weighted by Crippen LogP contribution is -2.13. The highest BCUT2D eigenvalue weighted by Crippen LogP contribution is 2.22. The van der Waals surface area contributed by atoms with E-state index in [-0.39, 0.29) is 18.4 Å². The maximum atomic E-state index is 11.1. The van der Waals surface area contributed by atoms with E-state index in [1.807, 2.05) is 13.8 Å². The fraction of sp³-hybridized carbons (Fsp3) is 0.571. The van der Waals surface area contributed by atoms with Crippen molar-refractivity contribution >= 4 is 22.4 Å². The standard InChI is InChI=1S/C7H10N6OS/c1-4(2)6-11-12-7(15-6)10-5(14)3-9-13-8/h4H,3H2,1-2H3,(H,10,12,14). The predicted octanol–water partition coefficient (Wildman–Crippen LogP) is 1.91. The zero-order valence-corrected chi connectivity index (χ0v) is 9.15. The van der Waals surface area contributed by atoms with Crippen LogP contribution in [-0.4, -0.2) is 22.6 Å². The van der Waals surface area contributed by atoms with Crippen LogP contribution in [0.25, 0.3) is 10.4 Å². The van der Waals surface area contributed by atoms with Crippen LogP contribution in [-0.2, 0) is 4.79 Å². The highest BCUT2D eigenvalue weighted by molar-refractivity contribution is 7.15. The summed E-state index contributed by atoms with van der Waals surface area (Å²) in [6.07, 6.45) is 0. The Morgan fingerprint density at radius 2 is 2.40 bits per heavy atom. The molecule has 1 amide bonds. The smallest absolute Gasteiger partial charge is 0.232 e. The molecule has 1 heterocycles. The van der Waals surface area contributed by atoms with Gasteiger partial charge in [0, 0.05) is 10.8 Å². The SMILES string of the molecule is CC(C)c1nnc(NC(=O)CN=[N+]=[N-])s1. The maximum Gasteiger partial charge on any atom is 0.232 e. The van der Waals surface area contributed by atoms with Crippen LogP contribution in [0.15, 0.2) is 5.11 Å². The molecule has 80 valence electrons. The Morgan fingerprint density at radius 3 is 2.93 bits per heavy atom. The van der Waals surface area contributed by atoms with Gasteiger partial charge in [-0.3, -0.25) is 4.79 Å². The van der Waals surface area contributed by atoms with Crippen molar-refractivity contribution in [2.24, 2.45) is 5.11 Å². The number of hydrogen-bond acceptors (Lipinski definition) is 5. The van der Waals surface area contributed by atoms with E-state index < -0.39 is 0 Å². The molecule has 0 fully saturated rings. The van der Waals surface area contributed by atoms with Gasteiger partial charge in [-0.15, -0.1) is 10.2 Å². The summed E-state index contributed by atoms with van der Waals surface area (Å²) < 4.78 is 0. The molecule has 0 spiro atoms. The second-order valence-corrected chi connectivity index (χ2v) is 4.05. The molecule has 0 unspecified atom stereocenters. The van der Waals surface area contributed by atoms with Gasteiger partial charge in [0.25, 0.3) is 0 Å². The maximum absolute atomic E-state index is 11.1. The molecule has 0 atom stereocenters. The Labute approximate surface area is 90.1 Å². The van der Waals surface area contributed by atoms with Crippen LogP contribution in [0.2, 0.25) is 0 Å². The summed E-state index contributed by atoms with van der Waals surface area (Å²) in [6.45, 7) is 3.76. The molecule has 1 aromatic rings. The van der Waals surface area contributed by atoms with Crippen LogP contribution in [0.1, 0.15) is 24.8 Å². The van der Waals surface area contributed by atoms with E-state index in [0.29, 0.717) is 5.13 Å². The number of carbonyl (C=O) groups is 1. The van der Waals surface area contributed by atoms with E-state index in [2.05, 4.69) is 25.5 Å². The molecule has 8 heteroatoms. The van der Waals surface area contributed by atoms with Crippen molar-refractivity contribution in [2.45, 2.75) is 19.8 Å². The summed E-state index contributed by atoms with van der Waals surface area (Å²) in [5.41, 5.74) is 8.01. The first-order valence-electron chi connectivity index (χ1n) is 4.27. The van der Waals surface area contributed by atoms with Crippen molar-refractivity contribution in [3.8, 4) is 0 Å². The number of aromatic nitrogens is 2. The third kappa shape index (κ3) is 3.53. The lowest BCUT2D eigenvalue weighted by atomic mass is 10.2. The zero-order valence-electron chi connectivity index (χ0n) is 8.34. The van der Waals surface area contributed by atoms with Crippen molar-refractivity contribution in [1.82, 2.24) is 10.2 Å². The molecule has 0 aromatic carbocycles. The van der Waals surface area contributed by atoms with Gasteiger partial charge in [0.1, 0.15) is 11.6 Å². The van der Waals surface area contributed by atoms with E-state index in [1.165, 1.54) is 11.3 Å².